The van der Waals surface area contributed by atoms with Gasteiger partial charge in [0.05, 0.1) is 18.0 Å². The van der Waals surface area contributed by atoms with Crippen LogP contribution < -0.4 is 14.2 Å². The molecule has 3 heterocycles. The number of benzene rings is 2. The van der Waals surface area contributed by atoms with Gasteiger partial charge in [0, 0.05) is 62.8 Å². The van der Waals surface area contributed by atoms with Crippen LogP contribution in [0.25, 0.3) is 21.8 Å². The molecule has 0 radical (unpaired) electrons. The summed E-state index contributed by atoms with van der Waals surface area (Å²) in [6, 6.07) is 8.48. The minimum Gasteiger partial charge on any atom is -0.493 e. The van der Waals surface area contributed by atoms with E-state index in [9.17, 15) is 9.18 Å². The van der Waals surface area contributed by atoms with Crippen molar-refractivity contribution in [3.8, 4) is 23.1 Å². The van der Waals surface area contributed by atoms with Crippen molar-refractivity contribution in [3.63, 3.8) is 0 Å². The Morgan fingerprint density at radius 1 is 1.06 bits per heavy atom. The molecular weight excluding hydrogens is 453 g/mol. The molecule has 35 heavy (non-hydrogen) atoms. The maximum atomic E-state index is 14.9. The molecule has 10 heteroatoms. The minimum atomic E-state index is -0.467. The molecule has 1 fully saturated rings. The standard InChI is InChI=1S/C25H26FN5O4/c1-16(32)31-9-7-30(8-10-31)11-12-34-23-13-18-20(14-22(23)33-2)28-15-29-25(18)35-21-4-3-19-17(24(21)26)5-6-27-19/h3-6,13-15,27H,7-12H2,1-2H3. The lowest BCUT2D eigenvalue weighted by Crippen LogP contribution is -2.48. The highest BCUT2D eigenvalue weighted by Gasteiger charge is 2.19. The van der Waals surface area contributed by atoms with Crippen LogP contribution >= 0.6 is 0 Å². The first-order valence-electron chi connectivity index (χ1n) is 11.4. The van der Waals surface area contributed by atoms with Gasteiger partial charge in [-0.15, -0.1) is 0 Å². The highest BCUT2D eigenvalue weighted by atomic mass is 19.1. The predicted molar refractivity (Wildman–Crippen MR) is 129 cm³/mol. The number of methoxy groups -OCH3 is 1. The van der Waals surface area contributed by atoms with Gasteiger partial charge in [0.25, 0.3) is 0 Å². The van der Waals surface area contributed by atoms with Crippen molar-refractivity contribution < 1.29 is 23.4 Å². The van der Waals surface area contributed by atoms with Crippen LogP contribution in [-0.4, -0.2) is 77.1 Å². The van der Waals surface area contributed by atoms with E-state index in [1.807, 2.05) is 4.90 Å². The third kappa shape index (κ3) is 4.69. The van der Waals surface area contributed by atoms with Crippen molar-refractivity contribution in [2.24, 2.45) is 0 Å². The normalized spacial score (nSPS) is 14.4. The number of hydrogen-bond donors (Lipinski definition) is 1. The summed E-state index contributed by atoms with van der Waals surface area (Å²) >= 11 is 0. The predicted octanol–water partition coefficient (Wildman–Crippen LogP) is 3.59. The number of amides is 1. The molecule has 9 nitrogen and oxygen atoms in total. The molecule has 2 aromatic carbocycles. The second-order valence-electron chi connectivity index (χ2n) is 8.31. The molecule has 0 bridgehead atoms. The van der Waals surface area contributed by atoms with Gasteiger partial charge in [-0.25, -0.2) is 14.4 Å². The Balaban J connectivity index is 1.34. The maximum absolute atomic E-state index is 14.9. The van der Waals surface area contributed by atoms with Crippen LogP contribution in [0.15, 0.2) is 42.9 Å². The summed E-state index contributed by atoms with van der Waals surface area (Å²) in [5, 5.41) is 1.02. The quantitative estimate of drug-likeness (QED) is 0.433. The Bertz CT molecular complexity index is 1370. The fourth-order valence-electron chi connectivity index (χ4n) is 4.22. The van der Waals surface area contributed by atoms with Crippen LogP contribution in [0, 0.1) is 5.82 Å². The number of hydrogen-bond acceptors (Lipinski definition) is 7. The van der Waals surface area contributed by atoms with E-state index in [0.717, 1.165) is 26.2 Å². The maximum Gasteiger partial charge on any atom is 0.230 e. The third-order valence-electron chi connectivity index (χ3n) is 6.21. The number of H-pyrrole nitrogens is 1. The largest absolute Gasteiger partial charge is 0.493 e. The summed E-state index contributed by atoms with van der Waals surface area (Å²) in [5.74, 6) is 0.976. The molecule has 1 aliphatic rings. The number of piperazine rings is 1. The zero-order valence-electron chi connectivity index (χ0n) is 19.6. The number of fused-ring (bicyclic) bond motifs is 2. The molecule has 1 N–H and O–H groups in total. The summed E-state index contributed by atoms with van der Waals surface area (Å²) in [6.45, 7) is 5.80. The van der Waals surface area contributed by atoms with E-state index in [1.165, 1.54) is 6.33 Å². The van der Waals surface area contributed by atoms with Crippen molar-refractivity contribution in [3.05, 3.63) is 48.7 Å². The number of nitrogens with one attached hydrogen (secondary N) is 1. The monoisotopic (exact) mass is 479 g/mol. The first-order chi connectivity index (χ1) is 17.0. The van der Waals surface area contributed by atoms with Gasteiger partial charge < -0.3 is 24.1 Å². The van der Waals surface area contributed by atoms with Gasteiger partial charge >= 0.3 is 0 Å². The number of nitrogens with zero attached hydrogens (tertiary/aromatic N) is 4. The van der Waals surface area contributed by atoms with Gasteiger partial charge in [-0.2, -0.15) is 0 Å². The Morgan fingerprint density at radius 3 is 2.66 bits per heavy atom. The SMILES string of the molecule is COc1cc2ncnc(Oc3ccc4[nH]ccc4c3F)c2cc1OCCN1CCN(C(C)=O)CC1. The molecular formula is C25H26FN5O4. The highest BCUT2D eigenvalue weighted by Crippen LogP contribution is 2.37. The van der Waals surface area contributed by atoms with Crippen LogP contribution in [0.4, 0.5) is 4.39 Å². The van der Waals surface area contributed by atoms with E-state index in [1.54, 1.807) is 50.6 Å². The highest BCUT2D eigenvalue weighted by molar-refractivity contribution is 5.87. The van der Waals surface area contributed by atoms with Gasteiger partial charge in [0.1, 0.15) is 12.9 Å². The Morgan fingerprint density at radius 2 is 1.89 bits per heavy atom. The van der Waals surface area contributed by atoms with Crippen LogP contribution in [0.3, 0.4) is 0 Å². The number of aromatic nitrogens is 3. The van der Waals surface area contributed by atoms with Gasteiger partial charge in [-0.3, -0.25) is 9.69 Å². The lowest BCUT2D eigenvalue weighted by molar-refractivity contribution is -0.130. The Hall–Kier alpha value is -3.92. The molecule has 5 rings (SSSR count). The number of rotatable bonds is 7. The van der Waals surface area contributed by atoms with Crippen molar-refractivity contribution in [1.29, 1.82) is 0 Å². The van der Waals surface area contributed by atoms with Crippen molar-refractivity contribution in [2.75, 3.05) is 46.4 Å². The average Bonchev–Trinajstić information content (AvgIpc) is 3.36. The summed E-state index contributed by atoms with van der Waals surface area (Å²) in [7, 11) is 1.56. The molecule has 0 atom stereocenters. The number of carbonyl (C=O) groups is 1. The second kappa shape index (κ2) is 9.75. The fourth-order valence-corrected chi connectivity index (χ4v) is 4.22. The minimum absolute atomic E-state index is 0.0695. The van der Waals surface area contributed by atoms with Gasteiger partial charge in [0.2, 0.25) is 11.8 Å². The summed E-state index contributed by atoms with van der Waals surface area (Å²) in [5.41, 5.74) is 1.27. The topological polar surface area (TPSA) is 92.8 Å². The summed E-state index contributed by atoms with van der Waals surface area (Å²) in [6.07, 6.45) is 3.04. The van der Waals surface area contributed by atoms with Gasteiger partial charge in [0.15, 0.2) is 23.1 Å². The smallest absolute Gasteiger partial charge is 0.230 e. The van der Waals surface area contributed by atoms with E-state index in [4.69, 9.17) is 14.2 Å². The number of ether oxygens (including phenoxy) is 3. The lowest BCUT2D eigenvalue weighted by Gasteiger charge is -2.34. The lowest BCUT2D eigenvalue weighted by atomic mass is 10.2. The Labute approximate surface area is 201 Å². The molecule has 0 spiro atoms. The van der Waals surface area contributed by atoms with Crippen molar-refractivity contribution >= 4 is 27.7 Å². The zero-order valence-corrected chi connectivity index (χ0v) is 19.6. The second-order valence-corrected chi connectivity index (χ2v) is 8.31. The van der Waals surface area contributed by atoms with E-state index in [2.05, 4.69) is 19.9 Å². The van der Waals surface area contributed by atoms with Crippen molar-refractivity contribution in [1.82, 2.24) is 24.8 Å². The van der Waals surface area contributed by atoms with Crippen molar-refractivity contribution in [2.45, 2.75) is 6.92 Å². The number of carbonyl (C=O) groups excluding carboxylic acids is 1. The van der Waals surface area contributed by atoms with Gasteiger partial charge in [-0.05, 0) is 24.3 Å². The first kappa shape index (κ1) is 22.9. The molecule has 1 saturated heterocycles. The molecule has 0 saturated carbocycles. The zero-order chi connectivity index (χ0) is 24.4. The summed E-state index contributed by atoms with van der Waals surface area (Å²) < 4.78 is 32.4. The van der Waals surface area contributed by atoms with Gasteiger partial charge in [-0.1, -0.05) is 0 Å². The molecule has 4 aromatic rings. The van der Waals surface area contributed by atoms with E-state index in [0.29, 0.717) is 46.5 Å². The van der Waals surface area contributed by atoms with Crippen LogP contribution in [-0.2, 0) is 4.79 Å². The fraction of sp³-hybridized carbons (Fsp3) is 0.320. The number of aromatic amines is 1. The average molecular weight is 480 g/mol. The van der Waals surface area contributed by atoms with Crippen LogP contribution in [0.5, 0.6) is 23.1 Å². The molecule has 2 aromatic heterocycles. The summed E-state index contributed by atoms with van der Waals surface area (Å²) in [4.78, 5) is 27.1. The molecule has 1 amide bonds. The molecule has 0 unspecified atom stereocenters. The molecule has 182 valence electrons. The molecule has 1 aliphatic heterocycles. The third-order valence-corrected chi connectivity index (χ3v) is 6.21. The first-order valence-corrected chi connectivity index (χ1v) is 11.4. The van der Waals surface area contributed by atoms with E-state index in [-0.39, 0.29) is 17.5 Å². The van der Waals surface area contributed by atoms with Crippen LogP contribution in [0.2, 0.25) is 0 Å². The van der Waals surface area contributed by atoms with E-state index < -0.39 is 5.82 Å². The van der Waals surface area contributed by atoms with Crippen LogP contribution in [0.1, 0.15) is 6.92 Å². The Kier molecular flexibility index (Phi) is 6.37. The van der Waals surface area contributed by atoms with E-state index >= 15 is 0 Å². The number of halogens is 1. The molecule has 0 aliphatic carbocycles.